The molecule has 0 saturated heterocycles. The summed E-state index contributed by atoms with van der Waals surface area (Å²) in [4.78, 5) is 0.988. The lowest BCUT2D eigenvalue weighted by Gasteiger charge is -2.13. The van der Waals surface area contributed by atoms with E-state index in [1.165, 1.54) is 0 Å². The summed E-state index contributed by atoms with van der Waals surface area (Å²) in [5.74, 6) is 0. The van der Waals surface area contributed by atoms with Crippen molar-refractivity contribution in [2.24, 2.45) is 5.73 Å². The van der Waals surface area contributed by atoms with E-state index in [4.69, 9.17) is 29.6 Å². The lowest BCUT2D eigenvalue weighted by Crippen LogP contribution is -2.19. The van der Waals surface area contributed by atoms with E-state index in [0.717, 1.165) is 15.6 Å². The van der Waals surface area contributed by atoms with Crippen LogP contribution in [0.15, 0.2) is 23.1 Å². The fraction of sp³-hybridized carbons (Fsp3) is 0.300. The molecule has 0 aliphatic carbocycles. The Morgan fingerprint density at radius 2 is 2.20 bits per heavy atom. The zero-order valence-corrected chi connectivity index (χ0v) is 11.0. The number of benzene rings is 1. The van der Waals surface area contributed by atoms with Crippen molar-refractivity contribution in [2.75, 3.05) is 5.32 Å². The summed E-state index contributed by atoms with van der Waals surface area (Å²) in [7, 11) is 0. The third-order valence-electron chi connectivity index (χ3n) is 1.58. The molecule has 0 radical (unpaired) electrons. The van der Waals surface area contributed by atoms with Crippen LogP contribution < -0.4 is 11.1 Å². The largest absolute Gasteiger partial charge is 0.376 e. The Kier molecular flexibility index (Phi) is 4.70. The van der Waals surface area contributed by atoms with Gasteiger partial charge in [-0.3, -0.25) is 0 Å². The molecule has 3 N–H and O–H groups in total. The molecule has 1 aromatic carbocycles. The molecule has 5 heteroatoms. The molecule has 0 saturated carbocycles. The molecular weight excluding hydrogens is 248 g/mol. The van der Waals surface area contributed by atoms with E-state index < -0.39 is 0 Å². The monoisotopic (exact) mass is 260 g/mol. The maximum Gasteiger partial charge on any atom is 0.168 e. The first-order valence-corrected chi connectivity index (χ1v) is 6.19. The van der Waals surface area contributed by atoms with Crippen molar-refractivity contribution in [1.82, 2.24) is 0 Å². The van der Waals surface area contributed by atoms with Gasteiger partial charge in [0.15, 0.2) is 5.11 Å². The Bertz CT molecular complexity index is 366. The summed E-state index contributed by atoms with van der Waals surface area (Å²) in [6, 6.07) is 5.64. The fourth-order valence-corrected chi connectivity index (χ4v) is 2.41. The van der Waals surface area contributed by atoms with E-state index in [0.29, 0.717) is 5.25 Å². The Balaban J connectivity index is 3.02. The highest BCUT2D eigenvalue weighted by Gasteiger charge is 2.09. The molecule has 0 spiro atoms. The van der Waals surface area contributed by atoms with Gasteiger partial charge in [-0.05, 0) is 24.4 Å². The van der Waals surface area contributed by atoms with Crippen LogP contribution in [0.4, 0.5) is 5.69 Å². The van der Waals surface area contributed by atoms with E-state index in [9.17, 15) is 0 Å². The van der Waals surface area contributed by atoms with Crippen LogP contribution in [0, 0.1) is 0 Å². The number of thioether (sulfide) groups is 1. The summed E-state index contributed by atoms with van der Waals surface area (Å²) in [5.41, 5.74) is 6.31. The normalized spacial score (nSPS) is 10.4. The van der Waals surface area contributed by atoms with Gasteiger partial charge >= 0.3 is 0 Å². The summed E-state index contributed by atoms with van der Waals surface area (Å²) in [5, 5.41) is 4.35. The average Bonchev–Trinajstić information content (AvgIpc) is 2.09. The number of anilines is 1. The Morgan fingerprint density at radius 3 is 2.73 bits per heavy atom. The molecule has 0 atom stereocenters. The van der Waals surface area contributed by atoms with Gasteiger partial charge in [-0.25, -0.2) is 0 Å². The zero-order valence-electron chi connectivity index (χ0n) is 8.58. The van der Waals surface area contributed by atoms with Crippen molar-refractivity contribution >= 4 is 46.4 Å². The molecule has 0 bridgehead atoms. The first-order valence-electron chi connectivity index (χ1n) is 4.52. The molecule has 0 aliphatic rings. The predicted octanol–water partition coefficient (Wildman–Crippen LogP) is 3.50. The first kappa shape index (κ1) is 12.6. The SMILES string of the molecule is CC(C)Sc1c(Cl)cccc1NC(N)=S. The number of nitrogens with two attached hydrogens (primary N) is 1. The maximum absolute atomic E-state index is 6.11. The van der Waals surface area contributed by atoms with Gasteiger partial charge in [0.1, 0.15) is 0 Å². The van der Waals surface area contributed by atoms with Crippen LogP contribution in [0.25, 0.3) is 0 Å². The number of hydrogen-bond donors (Lipinski definition) is 2. The van der Waals surface area contributed by atoms with Gasteiger partial charge in [0.05, 0.1) is 10.7 Å². The predicted molar refractivity (Wildman–Crippen MR) is 72.9 cm³/mol. The van der Waals surface area contributed by atoms with Gasteiger partial charge < -0.3 is 11.1 Å². The molecule has 2 nitrogen and oxygen atoms in total. The van der Waals surface area contributed by atoms with Gasteiger partial charge in [-0.2, -0.15) is 0 Å². The smallest absolute Gasteiger partial charge is 0.168 e. The molecular formula is C10H13ClN2S2. The number of nitrogens with one attached hydrogen (secondary N) is 1. The van der Waals surface area contributed by atoms with Crippen LogP contribution in [0.3, 0.4) is 0 Å². The molecule has 0 heterocycles. The van der Waals surface area contributed by atoms with Crippen LogP contribution in [0.5, 0.6) is 0 Å². The lowest BCUT2D eigenvalue weighted by atomic mass is 10.3. The minimum atomic E-state index is 0.253. The van der Waals surface area contributed by atoms with Crippen LogP contribution in [-0.4, -0.2) is 10.4 Å². The maximum atomic E-state index is 6.11. The Morgan fingerprint density at radius 1 is 1.53 bits per heavy atom. The number of rotatable bonds is 3. The number of halogens is 1. The molecule has 15 heavy (non-hydrogen) atoms. The minimum absolute atomic E-state index is 0.253. The molecule has 1 aromatic rings. The second kappa shape index (κ2) is 5.58. The third-order valence-corrected chi connectivity index (χ3v) is 3.25. The van der Waals surface area contributed by atoms with Crippen molar-refractivity contribution in [3.63, 3.8) is 0 Å². The Labute approximate surface area is 105 Å². The molecule has 82 valence electrons. The highest BCUT2D eigenvalue weighted by atomic mass is 35.5. The quantitative estimate of drug-likeness (QED) is 0.645. The molecule has 0 amide bonds. The molecule has 0 unspecified atom stereocenters. The molecule has 0 fully saturated rings. The first-order chi connectivity index (χ1) is 7.00. The minimum Gasteiger partial charge on any atom is -0.376 e. The van der Waals surface area contributed by atoms with Crippen LogP contribution in [0.2, 0.25) is 5.02 Å². The van der Waals surface area contributed by atoms with Crippen molar-refractivity contribution < 1.29 is 0 Å². The highest BCUT2D eigenvalue weighted by Crippen LogP contribution is 2.36. The van der Waals surface area contributed by atoms with Gasteiger partial charge in [0.25, 0.3) is 0 Å². The standard InChI is InChI=1S/C10H13ClN2S2/c1-6(2)15-9-7(11)4-3-5-8(9)13-10(12)14/h3-6H,1-2H3,(H3,12,13,14). The molecule has 0 aliphatic heterocycles. The van der Waals surface area contributed by atoms with E-state index in [1.54, 1.807) is 11.8 Å². The lowest BCUT2D eigenvalue weighted by molar-refractivity contribution is 1.11. The molecule has 0 aromatic heterocycles. The summed E-state index contributed by atoms with van der Waals surface area (Å²) in [6.07, 6.45) is 0. The van der Waals surface area contributed by atoms with Crippen molar-refractivity contribution in [1.29, 1.82) is 0 Å². The number of hydrogen-bond acceptors (Lipinski definition) is 2. The van der Waals surface area contributed by atoms with Crippen molar-refractivity contribution in [2.45, 2.75) is 24.0 Å². The second-order valence-electron chi connectivity index (χ2n) is 3.27. The zero-order chi connectivity index (χ0) is 11.4. The van der Waals surface area contributed by atoms with Gasteiger partial charge in [0, 0.05) is 10.1 Å². The van der Waals surface area contributed by atoms with Crippen LogP contribution in [-0.2, 0) is 0 Å². The average molecular weight is 261 g/mol. The fourth-order valence-electron chi connectivity index (χ4n) is 1.10. The van der Waals surface area contributed by atoms with E-state index in [-0.39, 0.29) is 5.11 Å². The van der Waals surface area contributed by atoms with Crippen LogP contribution in [0.1, 0.15) is 13.8 Å². The summed E-state index contributed by atoms with van der Waals surface area (Å²) in [6.45, 7) is 4.22. The van der Waals surface area contributed by atoms with Gasteiger partial charge in [0.2, 0.25) is 0 Å². The van der Waals surface area contributed by atoms with Crippen molar-refractivity contribution in [3.8, 4) is 0 Å². The van der Waals surface area contributed by atoms with E-state index in [1.807, 2.05) is 18.2 Å². The van der Waals surface area contributed by atoms with Gasteiger partial charge in [-0.15, -0.1) is 11.8 Å². The van der Waals surface area contributed by atoms with E-state index >= 15 is 0 Å². The molecule has 1 rings (SSSR count). The topological polar surface area (TPSA) is 38.0 Å². The van der Waals surface area contributed by atoms with Crippen molar-refractivity contribution in [3.05, 3.63) is 23.2 Å². The number of thiocarbonyl (C=S) groups is 1. The second-order valence-corrected chi connectivity index (χ2v) is 5.71. The third kappa shape index (κ3) is 3.89. The Hall–Kier alpha value is -0.450. The van der Waals surface area contributed by atoms with Crippen LogP contribution >= 0.6 is 35.6 Å². The highest BCUT2D eigenvalue weighted by molar-refractivity contribution is 8.00. The van der Waals surface area contributed by atoms with Gasteiger partial charge in [-0.1, -0.05) is 31.5 Å². The van der Waals surface area contributed by atoms with E-state index in [2.05, 4.69) is 19.2 Å². The summed E-state index contributed by atoms with van der Waals surface area (Å²) >= 11 is 12.6. The summed E-state index contributed by atoms with van der Waals surface area (Å²) < 4.78 is 0.